The lowest BCUT2D eigenvalue weighted by atomic mass is 10.1. The maximum absolute atomic E-state index is 12.6. The monoisotopic (exact) mass is 470 g/mol. The molecule has 0 unspecified atom stereocenters. The summed E-state index contributed by atoms with van der Waals surface area (Å²) in [6.45, 7) is 0. The van der Waals surface area contributed by atoms with E-state index in [1.165, 1.54) is 6.08 Å². The standard InChI is InChI=1S/C20H12Br2N2O2/c21-16-9-12(10-17(22)19(16)25)8-14(11-23)20(26)24-18-7-3-5-13-4-1-2-6-15(13)18/h1-10,25H,(H,24,26)/b14-8+. The Hall–Kier alpha value is -2.62. The molecule has 3 rings (SSSR count). The second kappa shape index (κ2) is 7.73. The number of nitrogens with zero attached hydrogens (tertiary/aromatic N) is 1. The molecule has 1 amide bonds. The van der Waals surface area contributed by atoms with Gasteiger partial charge in [0.2, 0.25) is 0 Å². The fraction of sp³-hybridized carbons (Fsp3) is 0. The maximum atomic E-state index is 12.6. The highest BCUT2D eigenvalue weighted by atomic mass is 79.9. The van der Waals surface area contributed by atoms with E-state index in [2.05, 4.69) is 37.2 Å². The molecule has 0 fully saturated rings. The quantitative estimate of drug-likeness (QED) is 0.384. The van der Waals surface area contributed by atoms with Crippen LogP contribution in [0.5, 0.6) is 5.75 Å². The minimum atomic E-state index is -0.496. The van der Waals surface area contributed by atoms with Gasteiger partial charge in [-0.25, -0.2) is 0 Å². The van der Waals surface area contributed by atoms with Gasteiger partial charge >= 0.3 is 0 Å². The maximum Gasteiger partial charge on any atom is 0.266 e. The summed E-state index contributed by atoms with van der Waals surface area (Å²) in [6.07, 6.45) is 1.47. The first-order valence-corrected chi connectivity index (χ1v) is 9.17. The molecule has 0 spiro atoms. The topological polar surface area (TPSA) is 73.1 Å². The molecule has 0 bridgehead atoms. The number of amides is 1. The zero-order valence-corrected chi connectivity index (χ0v) is 16.5. The van der Waals surface area contributed by atoms with Gasteiger partial charge in [0.05, 0.1) is 8.95 Å². The summed E-state index contributed by atoms with van der Waals surface area (Å²) in [7, 11) is 0. The molecule has 0 aliphatic heterocycles. The number of aromatic hydroxyl groups is 1. The van der Waals surface area contributed by atoms with Crippen molar-refractivity contribution in [3.05, 3.63) is 74.7 Å². The normalized spacial score (nSPS) is 11.2. The van der Waals surface area contributed by atoms with Crippen molar-refractivity contribution in [1.82, 2.24) is 0 Å². The molecular formula is C20H12Br2N2O2. The van der Waals surface area contributed by atoms with Crippen molar-refractivity contribution in [2.75, 3.05) is 5.32 Å². The number of hydrogen-bond acceptors (Lipinski definition) is 3. The number of phenols is 1. The second-order valence-corrected chi connectivity index (χ2v) is 7.19. The van der Waals surface area contributed by atoms with Gasteiger partial charge in [0.25, 0.3) is 5.91 Å². The van der Waals surface area contributed by atoms with E-state index in [-0.39, 0.29) is 11.3 Å². The number of fused-ring (bicyclic) bond motifs is 1. The van der Waals surface area contributed by atoms with Crippen LogP contribution in [0.1, 0.15) is 5.56 Å². The number of nitrogens with one attached hydrogen (secondary N) is 1. The molecule has 0 saturated carbocycles. The van der Waals surface area contributed by atoms with Crippen LogP contribution in [0.4, 0.5) is 5.69 Å². The van der Waals surface area contributed by atoms with Gasteiger partial charge in [-0.3, -0.25) is 4.79 Å². The third kappa shape index (κ3) is 3.79. The summed E-state index contributed by atoms with van der Waals surface area (Å²) in [5, 5.41) is 23.9. The number of hydrogen-bond donors (Lipinski definition) is 2. The zero-order valence-electron chi connectivity index (χ0n) is 13.3. The van der Waals surface area contributed by atoms with Gasteiger partial charge in [-0.05, 0) is 67.1 Å². The van der Waals surface area contributed by atoms with E-state index in [4.69, 9.17) is 0 Å². The molecule has 2 N–H and O–H groups in total. The molecule has 3 aromatic rings. The minimum absolute atomic E-state index is 0.0394. The summed E-state index contributed by atoms with van der Waals surface area (Å²) in [5.41, 5.74) is 1.20. The predicted octanol–water partition coefficient (Wildman–Crippen LogP) is 5.62. The summed E-state index contributed by atoms with van der Waals surface area (Å²) < 4.78 is 0.926. The molecule has 0 aromatic heterocycles. The largest absolute Gasteiger partial charge is 0.506 e. The summed E-state index contributed by atoms with van der Waals surface area (Å²) in [5.74, 6) is -0.440. The van der Waals surface area contributed by atoms with Gasteiger partial charge in [0.15, 0.2) is 0 Å². The van der Waals surface area contributed by atoms with Crippen molar-refractivity contribution in [3.63, 3.8) is 0 Å². The van der Waals surface area contributed by atoms with E-state index in [9.17, 15) is 15.2 Å². The van der Waals surface area contributed by atoms with Gasteiger partial charge in [-0.2, -0.15) is 5.26 Å². The van der Waals surface area contributed by atoms with Crippen LogP contribution in [-0.4, -0.2) is 11.0 Å². The average Bonchev–Trinajstić information content (AvgIpc) is 2.64. The molecule has 26 heavy (non-hydrogen) atoms. The van der Waals surface area contributed by atoms with Crippen LogP contribution in [0.3, 0.4) is 0 Å². The number of carbonyl (C=O) groups is 1. The van der Waals surface area contributed by atoms with Crippen LogP contribution in [0.25, 0.3) is 16.8 Å². The van der Waals surface area contributed by atoms with Crippen molar-refractivity contribution >= 4 is 60.3 Å². The lowest BCUT2D eigenvalue weighted by Gasteiger charge is -2.08. The number of anilines is 1. The van der Waals surface area contributed by atoms with Crippen LogP contribution < -0.4 is 5.32 Å². The van der Waals surface area contributed by atoms with E-state index in [1.54, 1.807) is 18.2 Å². The van der Waals surface area contributed by atoms with E-state index in [1.807, 2.05) is 42.5 Å². The molecule has 0 radical (unpaired) electrons. The molecule has 0 aliphatic carbocycles. The fourth-order valence-electron chi connectivity index (χ4n) is 2.51. The highest BCUT2D eigenvalue weighted by Gasteiger charge is 2.12. The Morgan fingerprint density at radius 2 is 1.73 bits per heavy atom. The summed E-state index contributed by atoms with van der Waals surface area (Å²) >= 11 is 6.47. The van der Waals surface area contributed by atoms with Crippen LogP contribution in [0, 0.1) is 11.3 Å². The van der Waals surface area contributed by atoms with Crippen LogP contribution in [0.2, 0.25) is 0 Å². The smallest absolute Gasteiger partial charge is 0.266 e. The van der Waals surface area contributed by atoms with Gasteiger partial charge < -0.3 is 10.4 Å². The Morgan fingerprint density at radius 3 is 2.42 bits per heavy atom. The lowest BCUT2D eigenvalue weighted by molar-refractivity contribution is -0.112. The molecule has 4 nitrogen and oxygen atoms in total. The first kappa shape index (κ1) is 18.2. The van der Waals surface area contributed by atoms with E-state index in [0.29, 0.717) is 20.2 Å². The third-order valence-electron chi connectivity index (χ3n) is 3.75. The molecule has 6 heteroatoms. The molecule has 0 saturated heterocycles. The van der Waals surface area contributed by atoms with Crippen molar-refractivity contribution in [1.29, 1.82) is 5.26 Å². The van der Waals surface area contributed by atoms with Crippen molar-refractivity contribution in [2.45, 2.75) is 0 Å². The minimum Gasteiger partial charge on any atom is -0.506 e. The molecule has 0 atom stereocenters. The van der Waals surface area contributed by atoms with Gasteiger partial charge in [-0.1, -0.05) is 36.4 Å². The molecular weight excluding hydrogens is 460 g/mol. The van der Waals surface area contributed by atoms with Crippen molar-refractivity contribution < 1.29 is 9.90 Å². The Bertz CT molecular complexity index is 1060. The number of phenolic OH excluding ortho intramolecular Hbond substituents is 1. The van der Waals surface area contributed by atoms with Crippen LogP contribution in [0.15, 0.2) is 69.1 Å². The van der Waals surface area contributed by atoms with Gasteiger partial charge in [0.1, 0.15) is 17.4 Å². The summed E-state index contributed by atoms with van der Waals surface area (Å²) in [6, 6.07) is 18.5. The predicted molar refractivity (Wildman–Crippen MR) is 110 cm³/mol. The number of carbonyl (C=O) groups excluding carboxylic acids is 1. The second-order valence-electron chi connectivity index (χ2n) is 5.48. The third-order valence-corrected chi connectivity index (χ3v) is 4.96. The van der Waals surface area contributed by atoms with Crippen molar-refractivity contribution in [3.8, 4) is 11.8 Å². The van der Waals surface area contributed by atoms with Gasteiger partial charge in [-0.15, -0.1) is 0 Å². The lowest BCUT2D eigenvalue weighted by Crippen LogP contribution is -2.13. The molecule has 0 heterocycles. The van der Waals surface area contributed by atoms with E-state index in [0.717, 1.165) is 10.8 Å². The SMILES string of the molecule is N#C/C(=C\c1cc(Br)c(O)c(Br)c1)C(=O)Nc1cccc2ccccc12. The van der Waals surface area contributed by atoms with E-state index >= 15 is 0 Å². The van der Waals surface area contributed by atoms with E-state index < -0.39 is 5.91 Å². The Morgan fingerprint density at radius 1 is 1.08 bits per heavy atom. The highest BCUT2D eigenvalue weighted by molar-refractivity contribution is 9.11. The Balaban J connectivity index is 1.93. The Labute approximate surface area is 167 Å². The van der Waals surface area contributed by atoms with Crippen LogP contribution in [-0.2, 0) is 4.79 Å². The van der Waals surface area contributed by atoms with Crippen molar-refractivity contribution in [2.24, 2.45) is 0 Å². The first-order valence-electron chi connectivity index (χ1n) is 7.58. The zero-order chi connectivity index (χ0) is 18.7. The molecule has 128 valence electrons. The summed E-state index contributed by atoms with van der Waals surface area (Å²) in [4.78, 5) is 12.6. The average molecular weight is 472 g/mol. The fourth-order valence-corrected chi connectivity index (χ4v) is 3.73. The number of halogens is 2. The number of nitriles is 1. The van der Waals surface area contributed by atoms with Gasteiger partial charge in [0, 0.05) is 11.1 Å². The molecule has 3 aromatic carbocycles. The number of rotatable bonds is 3. The Kier molecular flexibility index (Phi) is 5.40. The van der Waals surface area contributed by atoms with Crippen LogP contribution >= 0.6 is 31.9 Å². The first-order chi connectivity index (χ1) is 12.5. The molecule has 0 aliphatic rings. The highest BCUT2D eigenvalue weighted by Crippen LogP contribution is 2.34. The number of benzene rings is 3.